The standard InChI is InChI=1S/C15H21N7O5/c1-2-27-15(25)21-20-14(24)19-12-5-3-11(4-6-12)13(23)17-7-9-26-10-8-18-22-16/h3-6H,2,7-10H2,1H3,(H,17,23)(H,21,25)(H2,19,20,24). The number of ether oxygens (including phenoxy) is 2. The van der Waals surface area contributed by atoms with Crippen LogP contribution >= 0.6 is 0 Å². The third kappa shape index (κ3) is 9.53. The van der Waals surface area contributed by atoms with Gasteiger partial charge in [0, 0.05) is 29.3 Å². The molecule has 146 valence electrons. The van der Waals surface area contributed by atoms with E-state index in [2.05, 4.69) is 36.2 Å². The van der Waals surface area contributed by atoms with E-state index in [0.717, 1.165) is 0 Å². The number of nitrogens with one attached hydrogen (secondary N) is 4. The number of hydrazine groups is 1. The van der Waals surface area contributed by atoms with Crippen molar-refractivity contribution in [3.05, 3.63) is 40.3 Å². The number of nitrogens with zero attached hydrogens (tertiary/aromatic N) is 3. The summed E-state index contributed by atoms with van der Waals surface area (Å²) in [5.41, 5.74) is 13.1. The first kappa shape index (κ1) is 21.5. The summed E-state index contributed by atoms with van der Waals surface area (Å²) in [6.45, 7) is 2.93. The van der Waals surface area contributed by atoms with Gasteiger partial charge in [-0.25, -0.2) is 20.4 Å². The van der Waals surface area contributed by atoms with Crippen LogP contribution in [-0.2, 0) is 9.47 Å². The molecule has 4 amide bonds. The fourth-order valence-corrected chi connectivity index (χ4v) is 1.73. The minimum absolute atomic E-state index is 0.181. The summed E-state index contributed by atoms with van der Waals surface area (Å²) in [4.78, 5) is 37.2. The largest absolute Gasteiger partial charge is 0.449 e. The SMILES string of the molecule is CCOC(=O)NNC(=O)Nc1ccc(C(=O)NCCOCCN=[N+]=[N-])cc1. The van der Waals surface area contributed by atoms with Crippen molar-refractivity contribution in [2.75, 3.05) is 38.2 Å². The number of carbonyl (C=O) groups excluding carboxylic acids is 3. The Morgan fingerprint density at radius 1 is 1.15 bits per heavy atom. The van der Waals surface area contributed by atoms with Gasteiger partial charge in [-0.3, -0.25) is 4.79 Å². The van der Waals surface area contributed by atoms with E-state index in [1.807, 2.05) is 0 Å². The molecule has 0 radical (unpaired) electrons. The normalized spacial score (nSPS) is 9.52. The molecule has 1 aromatic carbocycles. The smallest absolute Gasteiger partial charge is 0.426 e. The Labute approximate surface area is 155 Å². The van der Waals surface area contributed by atoms with Gasteiger partial charge in [0.25, 0.3) is 5.91 Å². The second-order valence-corrected chi connectivity index (χ2v) is 4.82. The van der Waals surface area contributed by atoms with E-state index in [4.69, 9.17) is 10.3 Å². The molecule has 0 saturated heterocycles. The van der Waals surface area contributed by atoms with Crippen molar-refractivity contribution in [2.24, 2.45) is 5.11 Å². The number of anilines is 1. The molecule has 0 saturated carbocycles. The van der Waals surface area contributed by atoms with Gasteiger partial charge in [0.1, 0.15) is 0 Å². The highest BCUT2D eigenvalue weighted by molar-refractivity contribution is 5.95. The first-order valence-electron chi connectivity index (χ1n) is 8.03. The van der Waals surface area contributed by atoms with Crippen molar-refractivity contribution >= 4 is 23.7 Å². The number of azide groups is 1. The van der Waals surface area contributed by atoms with Crippen molar-refractivity contribution < 1.29 is 23.9 Å². The molecule has 0 heterocycles. The second kappa shape index (κ2) is 12.8. The highest BCUT2D eigenvalue weighted by atomic mass is 16.6. The van der Waals surface area contributed by atoms with Crippen molar-refractivity contribution in [2.45, 2.75) is 6.92 Å². The number of hydrogen-bond donors (Lipinski definition) is 4. The van der Waals surface area contributed by atoms with E-state index in [9.17, 15) is 14.4 Å². The Morgan fingerprint density at radius 2 is 1.89 bits per heavy atom. The first-order valence-corrected chi connectivity index (χ1v) is 8.03. The van der Waals surface area contributed by atoms with Gasteiger partial charge in [-0.15, -0.1) is 0 Å². The van der Waals surface area contributed by atoms with Crippen LogP contribution in [0.15, 0.2) is 29.4 Å². The summed E-state index contributed by atoms with van der Waals surface area (Å²) < 4.78 is 9.75. The Balaban J connectivity index is 2.31. The van der Waals surface area contributed by atoms with Crippen LogP contribution < -0.4 is 21.5 Å². The Morgan fingerprint density at radius 3 is 2.56 bits per heavy atom. The van der Waals surface area contributed by atoms with Crippen LogP contribution in [0.4, 0.5) is 15.3 Å². The third-order valence-corrected chi connectivity index (χ3v) is 2.89. The lowest BCUT2D eigenvalue weighted by Gasteiger charge is -2.09. The molecule has 0 aromatic heterocycles. The molecule has 0 aliphatic rings. The summed E-state index contributed by atoms with van der Waals surface area (Å²) >= 11 is 0. The van der Waals surface area contributed by atoms with Crippen LogP contribution in [0, 0.1) is 0 Å². The van der Waals surface area contributed by atoms with Crippen LogP contribution in [0.2, 0.25) is 0 Å². The molecule has 0 atom stereocenters. The molecular formula is C15H21N7O5. The van der Waals surface area contributed by atoms with E-state index >= 15 is 0 Å². The van der Waals surface area contributed by atoms with E-state index in [-0.39, 0.29) is 25.7 Å². The maximum atomic E-state index is 12.0. The highest BCUT2D eigenvalue weighted by Crippen LogP contribution is 2.09. The number of benzene rings is 1. The molecule has 27 heavy (non-hydrogen) atoms. The molecule has 0 unspecified atom stereocenters. The van der Waals surface area contributed by atoms with Gasteiger partial charge in [-0.2, -0.15) is 0 Å². The second-order valence-electron chi connectivity index (χ2n) is 4.82. The molecule has 12 nitrogen and oxygen atoms in total. The van der Waals surface area contributed by atoms with Crippen molar-refractivity contribution in [3.63, 3.8) is 0 Å². The lowest BCUT2D eigenvalue weighted by molar-refractivity contribution is 0.0919. The van der Waals surface area contributed by atoms with E-state index in [1.54, 1.807) is 6.92 Å². The van der Waals surface area contributed by atoms with Crippen LogP contribution in [0.1, 0.15) is 17.3 Å². The Kier molecular flexibility index (Phi) is 10.2. The molecule has 12 heteroatoms. The summed E-state index contributed by atoms with van der Waals surface area (Å²) in [6, 6.07) is 5.47. The van der Waals surface area contributed by atoms with E-state index in [1.165, 1.54) is 24.3 Å². The molecule has 1 rings (SSSR count). The molecule has 0 spiro atoms. The topological polar surface area (TPSA) is 167 Å². The minimum Gasteiger partial charge on any atom is -0.449 e. The molecule has 1 aromatic rings. The quantitative estimate of drug-likeness (QED) is 0.167. The molecule has 4 N–H and O–H groups in total. The summed E-state index contributed by atoms with van der Waals surface area (Å²) in [5.74, 6) is -0.298. The number of hydrogen-bond acceptors (Lipinski definition) is 6. The van der Waals surface area contributed by atoms with E-state index < -0.39 is 12.1 Å². The third-order valence-electron chi connectivity index (χ3n) is 2.89. The summed E-state index contributed by atoms with van der Waals surface area (Å²) in [6.07, 6.45) is -0.776. The monoisotopic (exact) mass is 379 g/mol. The van der Waals surface area contributed by atoms with Crippen LogP contribution in [-0.4, -0.2) is 50.9 Å². The predicted molar refractivity (Wildman–Crippen MR) is 95.9 cm³/mol. The zero-order valence-corrected chi connectivity index (χ0v) is 14.7. The fraction of sp³-hybridized carbons (Fsp3) is 0.400. The average Bonchev–Trinajstić information content (AvgIpc) is 2.66. The van der Waals surface area contributed by atoms with Crippen LogP contribution in [0.3, 0.4) is 0 Å². The van der Waals surface area contributed by atoms with E-state index in [0.29, 0.717) is 24.4 Å². The predicted octanol–water partition coefficient (Wildman–Crippen LogP) is 1.53. The number of urea groups is 1. The molecule has 0 aliphatic heterocycles. The van der Waals surface area contributed by atoms with Gasteiger partial charge >= 0.3 is 12.1 Å². The minimum atomic E-state index is -0.776. The van der Waals surface area contributed by atoms with Gasteiger partial charge in [0.05, 0.1) is 19.8 Å². The van der Waals surface area contributed by atoms with Crippen molar-refractivity contribution in [1.82, 2.24) is 16.2 Å². The number of rotatable bonds is 9. The van der Waals surface area contributed by atoms with Gasteiger partial charge < -0.3 is 20.1 Å². The van der Waals surface area contributed by atoms with Crippen molar-refractivity contribution in [3.8, 4) is 0 Å². The molecular weight excluding hydrogens is 358 g/mol. The molecule has 0 bridgehead atoms. The van der Waals surface area contributed by atoms with Gasteiger partial charge in [-0.05, 0) is 36.7 Å². The van der Waals surface area contributed by atoms with Crippen molar-refractivity contribution in [1.29, 1.82) is 0 Å². The van der Waals surface area contributed by atoms with Gasteiger partial charge in [0.2, 0.25) is 0 Å². The lowest BCUT2D eigenvalue weighted by atomic mass is 10.2. The number of amides is 4. The zero-order valence-electron chi connectivity index (χ0n) is 14.7. The van der Waals surface area contributed by atoms with Gasteiger partial charge in [0.15, 0.2) is 0 Å². The summed E-state index contributed by atoms with van der Waals surface area (Å²) in [7, 11) is 0. The molecule has 0 aliphatic carbocycles. The molecule has 0 fully saturated rings. The maximum Gasteiger partial charge on any atom is 0.426 e. The summed E-state index contributed by atoms with van der Waals surface area (Å²) in [5, 5.41) is 8.46. The first-order chi connectivity index (χ1) is 13.1. The number of carbonyl (C=O) groups is 3. The Hall–Kier alpha value is -3.50. The highest BCUT2D eigenvalue weighted by Gasteiger charge is 2.07. The van der Waals surface area contributed by atoms with Crippen LogP contribution in [0.5, 0.6) is 0 Å². The van der Waals surface area contributed by atoms with Gasteiger partial charge in [-0.1, -0.05) is 5.11 Å². The zero-order chi connectivity index (χ0) is 19.9. The van der Waals surface area contributed by atoms with Crippen LogP contribution in [0.25, 0.3) is 10.4 Å². The lowest BCUT2D eigenvalue weighted by Crippen LogP contribution is -2.44. The Bertz CT molecular complexity index is 674. The maximum absolute atomic E-state index is 12.0. The average molecular weight is 379 g/mol. The fourth-order valence-electron chi connectivity index (χ4n) is 1.73.